The second-order valence-corrected chi connectivity index (χ2v) is 5.62. The molecule has 0 radical (unpaired) electrons. The number of benzene rings is 1. The summed E-state index contributed by atoms with van der Waals surface area (Å²) < 4.78 is 1.17. The number of nitrogens with zero attached hydrogens (tertiary/aromatic N) is 1. The molecule has 2 heterocycles. The Morgan fingerprint density at radius 2 is 2.06 bits per heavy atom. The first-order chi connectivity index (χ1) is 7.84. The molecule has 2 atom stereocenters. The van der Waals surface area contributed by atoms with Gasteiger partial charge in [0.05, 0.1) is 0 Å². The van der Waals surface area contributed by atoms with Gasteiger partial charge < -0.3 is 5.32 Å². The van der Waals surface area contributed by atoms with E-state index in [0.717, 1.165) is 6.04 Å². The molecule has 1 aromatic carbocycles. The summed E-state index contributed by atoms with van der Waals surface area (Å²) in [6.45, 7) is 2.57. The maximum atomic E-state index is 3.69. The monoisotopic (exact) mass is 280 g/mol. The molecule has 2 saturated heterocycles. The van der Waals surface area contributed by atoms with Gasteiger partial charge in [0.15, 0.2) is 0 Å². The number of hydrogen-bond acceptors (Lipinski definition) is 2. The van der Waals surface area contributed by atoms with Crippen LogP contribution >= 0.6 is 15.9 Å². The Bertz CT molecular complexity index is 380. The molecule has 2 unspecified atom stereocenters. The molecular weight excluding hydrogens is 264 g/mol. The van der Waals surface area contributed by atoms with Gasteiger partial charge in [0.2, 0.25) is 0 Å². The minimum absolute atomic E-state index is 0.640. The van der Waals surface area contributed by atoms with Gasteiger partial charge in [-0.2, -0.15) is 0 Å². The van der Waals surface area contributed by atoms with Crippen molar-refractivity contribution in [2.75, 3.05) is 18.4 Å². The molecular formula is C13H17BrN2. The van der Waals surface area contributed by atoms with Crippen LogP contribution in [0.25, 0.3) is 0 Å². The van der Waals surface area contributed by atoms with Gasteiger partial charge >= 0.3 is 0 Å². The van der Waals surface area contributed by atoms with E-state index in [0.29, 0.717) is 6.04 Å². The predicted octanol–water partition coefficient (Wildman–Crippen LogP) is 3.10. The normalized spacial score (nSPS) is 29.3. The fourth-order valence-corrected chi connectivity index (χ4v) is 3.43. The average molecular weight is 281 g/mol. The first-order valence-electron chi connectivity index (χ1n) is 6.10. The highest BCUT2D eigenvalue weighted by Crippen LogP contribution is 2.31. The van der Waals surface area contributed by atoms with Crippen molar-refractivity contribution in [3.63, 3.8) is 0 Å². The van der Waals surface area contributed by atoms with Crippen LogP contribution in [0.4, 0.5) is 5.69 Å². The Hall–Kier alpha value is -0.540. The summed E-state index contributed by atoms with van der Waals surface area (Å²) in [5.74, 6) is 0. The molecule has 0 aromatic heterocycles. The SMILES string of the molecule is Brc1ccccc1NC1CCN2CCCC12. The largest absolute Gasteiger partial charge is 0.380 e. The summed E-state index contributed by atoms with van der Waals surface area (Å²) in [5, 5.41) is 3.69. The second-order valence-electron chi connectivity index (χ2n) is 4.76. The molecule has 1 N–H and O–H groups in total. The molecule has 0 aliphatic carbocycles. The van der Waals surface area contributed by atoms with Crippen LogP contribution in [0.5, 0.6) is 0 Å². The minimum Gasteiger partial charge on any atom is -0.380 e. The van der Waals surface area contributed by atoms with Crippen LogP contribution in [0.3, 0.4) is 0 Å². The van der Waals surface area contributed by atoms with Gasteiger partial charge in [0, 0.05) is 28.8 Å². The molecule has 0 saturated carbocycles. The maximum Gasteiger partial charge on any atom is 0.0487 e. The van der Waals surface area contributed by atoms with Crippen molar-refractivity contribution in [2.24, 2.45) is 0 Å². The Balaban J connectivity index is 1.73. The number of fused-ring (bicyclic) bond motifs is 1. The van der Waals surface area contributed by atoms with Gasteiger partial charge in [-0.3, -0.25) is 4.90 Å². The Morgan fingerprint density at radius 3 is 2.94 bits per heavy atom. The van der Waals surface area contributed by atoms with Crippen molar-refractivity contribution in [3.05, 3.63) is 28.7 Å². The summed E-state index contributed by atoms with van der Waals surface area (Å²) in [5.41, 5.74) is 1.24. The molecule has 3 rings (SSSR count). The Morgan fingerprint density at radius 1 is 1.19 bits per heavy atom. The highest BCUT2D eigenvalue weighted by Gasteiger charge is 2.37. The van der Waals surface area contributed by atoms with Crippen molar-refractivity contribution in [2.45, 2.75) is 31.3 Å². The number of hydrogen-bond donors (Lipinski definition) is 1. The van der Waals surface area contributed by atoms with E-state index in [2.05, 4.69) is 50.4 Å². The summed E-state index contributed by atoms with van der Waals surface area (Å²) in [6, 6.07) is 9.82. The van der Waals surface area contributed by atoms with Crippen LogP contribution in [0.2, 0.25) is 0 Å². The van der Waals surface area contributed by atoms with Crippen LogP contribution < -0.4 is 5.32 Å². The lowest BCUT2D eigenvalue weighted by Crippen LogP contribution is -2.33. The lowest BCUT2D eigenvalue weighted by Gasteiger charge is -2.22. The third kappa shape index (κ3) is 1.87. The van der Waals surface area contributed by atoms with E-state index in [1.165, 1.54) is 42.5 Å². The fraction of sp³-hybridized carbons (Fsp3) is 0.538. The van der Waals surface area contributed by atoms with Crippen LogP contribution in [0, 0.1) is 0 Å². The first kappa shape index (κ1) is 10.6. The van der Waals surface area contributed by atoms with E-state index < -0.39 is 0 Å². The number of para-hydroxylation sites is 1. The molecule has 2 aliphatic rings. The van der Waals surface area contributed by atoms with Crippen LogP contribution in [0.1, 0.15) is 19.3 Å². The summed E-state index contributed by atoms with van der Waals surface area (Å²) >= 11 is 3.60. The topological polar surface area (TPSA) is 15.3 Å². The number of nitrogens with one attached hydrogen (secondary N) is 1. The lowest BCUT2D eigenvalue weighted by molar-refractivity contribution is 0.318. The van der Waals surface area contributed by atoms with Crippen molar-refractivity contribution >= 4 is 21.6 Å². The van der Waals surface area contributed by atoms with Crippen molar-refractivity contribution in [1.29, 1.82) is 0 Å². The van der Waals surface area contributed by atoms with Gasteiger partial charge in [-0.15, -0.1) is 0 Å². The van der Waals surface area contributed by atoms with Gasteiger partial charge in [-0.05, 0) is 53.9 Å². The summed E-state index contributed by atoms with van der Waals surface area (Å²) in [4.78, 5) is 2.63. The minimum atomic E-state index is 0.640. The van der Waals surface area contributed by atoms with Crippen molar-refractivity contribution < 1.29 is 0 Å². The maximum absolute atomic E-state index is 3.69. The fourth-order valence-electron chi connectivity index (χ4n) is 3.03. The number of rotatable bonds is 2. The zero-order chi connectivity index (χ0) is 11.0. The van der Waals surface area contributed by atoms with Crippen LogP contribution in [-0.4, -0.2) is 30.1 Å². The standard InChI is InChI=1S/C13H17BrN2/c14-10-4-1-2-5-11(10)15-12-7-9-16-8-3-6-13(12)16/h1-2,4-5,12-13,15H,3,6-9H2. The van der Waals surface area contributed by atoms with Gasteiger partial charge in [0.25, 0.3) is 0 Å². The smallest absolute Gasteiger partial charge is 0.0487 e. The second kappa shape index (κ2) is 4.38. The highest BCUT2D eigenvalue weighted by molar-refractivity contribution is 9.10. The van der Waals surface area contributed by atoms with Gasteiger partial charge in [-0.1, -0.05) is 12.1 Å². The predicted molar refractivity (Wildman–Crippen MR) is 70.8 cm³/mol. The van der Waals surface area contributed by atoms with Crippen LogP contribution in [0.15, 0.2) is 28.7 Å². The zero-order valence-electron chi connectivity index (χ0n) is 9.32. The third-order valence-electron chi connectivity index (χ3n) is 3.82. The highest BCUT2D eigenvalue weighted by atomic mass is 79.9. The van der Waals surface area contributed by atoms with E-state index in [4.69, 9.17) is 0 Å². The van der Waals surface area contributed by atoms with E-state index in [1.807, 2.05) is 0 Å². The lowest BCUT2D eigenvalue weighted by atomic mass is 10.1. The molecule has 0 spiro atoms. The first-order valence-corrected chi connectivity index (χ1v) is 6.89. The molecule has 2 nitrogen and oxygen atoms in total. The van der Waals surface area contributed by atoms with E-state index in [9.17, 15) is 0 Å². The number of anilines is 1. The third-order valence-corrected chi connectivity index (χ3v) is 4.51. The molecule has 1 aromatic rings. The van der Waals surface area contributed by atoms with E-state index in [1.54, 1.807) is 0 Å². The molecule has 2 fully saturated rings. The molecule has 86 valence electrons. The molecule has 2 aliphatic heterocycles. The Labute approximate surface area is 105 Å². The molecule has 0 amide bonds. The van der Waals surface area contributed by atoms with E-state index in [-0.39, 0.29) is 0 Å². The van der Waals surface area contributed by atoms with Gasteiger partial charge in [-0.25, -0.2) is 0 Å². The molecule has 3 heteroatoms. The molecule has 16 heavy (non-hydrogen) atoms. The number of halogens is 1. The van der Waals surface area contributed by atoms with E-state index >= 15 is 0 Å². The van der Waals surface area contributed by atoms with Crippen molar-refractivity contribution in [1.82, 2.24) is 4.90 Å². The zero-order valence-corrected chi connectivity index (χ0v) is 10.9. The Kier molecular flexibility index (Phi) is 2.90. The van der Waals surface area contributed by atoms with Crippen LogP contribution in [-0.2, 0) is 0 Å². The summed E-state index contributed by atoms with van der Waals surface area (Å²) in [7, 11) is 0. The summed E-state index contributed by atoms with van der Waals surface area (Å²) in [6.07, 6.45) is 4.02. The van der Waals surface area contributed by atoms with Crippen molar-refractivity contribution in [3.8, 4) is 0 Å². The molecule has 0 bridgehead atoms. The quantitative estimate of drug-likeness (QED) is 0.896. The van der Waals surface area contributed by atoms with Gasteiger partial charge in [0.1, 0.15) is 0 Å². The average Bonchev–Trinajstić information content (AvgIpc) is 2.86.